The minimum atomic E-state index is -1.19. The smallest absolute Gasteiger partial charge is 0.408 e. The first kappa shape index (κ1) is 23.4. The van der Waals surface area contributed by atoms with Crippen molar-refractivity contribution < 1.29 is 29.3 Å². The molecule has 35 heavy (non-hydrogen) atoms. The molecule has 1 spiro atoms. The third-order valence-electron chi connectivity index (χ3n) is 7.80. The van der Waals surface area contributed by atoms with Crippen molar-refractivity contribution in [2.75, 3.05) is 13.2 Å². The number of ether oxygens (including phenoxy) is 1. The van der Waals surface area contributed by atoms with Gasteiger partial charge in [0.2, 0.25) is 5.91 Å². The van der Waals surface area contributed by atoms with E-state index in [1.54, 1.807) is 0 Å². The molecular formula is C27H30N2O6. The van der Waals surface area contributed by atoms with Gasteiger partial charge in [0.25, 0.3) is 0 Å². The summed E-state index contributed by atoms with van der Waals surface area (Å²) in [7, 11) is 0. The van der Waals surface area contributed by atoms with Crippen LogP contribution in [0.3, 0.4) is 0 Å². The molecule has 2 amide bonds. The van der Waals surface area contributed by atoms with Crippen molar-refractivity contribution in [3.8, 4) is 11.1 Å². The average molecular weight is 479 g/mol. The van der Waals surface area contributed by atoms with Gasteiger partial charge in [-0.25, -0.2) is 4.79 Å². The number of hydrogen-bond acceptors (Lipinski definition) is 5. The van der Waals surface area contributed by atoms with Crippen LogP contribution in [0.5, 0.6) is 0 Å². The molecule has 2 aromatic carbocycles. The Morgan fingerprint density at radius 1 is 1.00 bits per heavy atom. The lowest BCUT2D eigenvalue weighted by Crippen LogP contribution is -2.70. The van der Waals surface area contributed by atoms with Crippen molar-refractivity contribution in [2.45, 2.75) is 56.1 Å². The molecule has 0 aromatic heterocycles. The number of fused-ring (bicyclic) bond motifs is 3. The first-order chi connectivity index (χ1) is 16.8. The van der Waals surface area contributed by atoms with Gasteiger partial charge in [0.15, 0.2) is 0 Å². The Balaban J connectivity index is 1.24. The first-order valence-electron chi connectivity index (χ1n) is 12.1. The highest BCUT2D eigenvalue weighted by Gasteiger charge is 2.61. The Bertz CT molecular complexity index is 1100. The second-order valence-electron chi connectivity index (χ2n) is 10.2. The summed E-state index contributed by atoms with van der Waals surface area (Å²) in [5.41, 5.74) is 3.47. The summed E-state index contributed by atoms with van der Waals surface area (Å²) in [6, 6.07) is 16.2. The summed E-state index contributed by atoms with van der Waals surface area (Å²) in [4.78, 5) is 36.7. The summed E-state index contributed by atoms with van der Waals surface area (Å²) < 4.78 is 5.66. The monoisotopic (exact) mass is 478 g/mol. The maximum Gasteiger partial charge on any atom is 0.408 e. The molecule has 0 heterocycles. The number of alkyl carbamates (subject to hydrolysis) is 1. The third kappa shape index (κ3) is 4.38. The highest BCUT2D eigenvalue weighted by Crippen LogP contribution is 2.60. The van der Waals surface area contributed by atoms with Gasteiger partial charge in [-0.2, -0.15) is 0 Å². The van der Waals surface area contributed by atoms with Crippen molar-refractivity contribution in [2.24, 2.45) is 5.41 Å². The van der Waals surface area contributed by atoms with Crippen LogP contribution in [0.4, 0.5) is 4.79 Å². The number of aliphatic hydroxyl groups excluding tert-OH is 1. The normalized spacial score (nSPS) is 19.5. The average Bonchev–Trinajstić information content (AvgIpc) is 3.10. The maximum atomic E-state index is 13.0. The number of carbonyl (C=O) groups excluding carboxylic acids is 2. The van der Waals surface area contributed by atoms with E-state index in [4.69, 9.17) is 9.84 Å². The predicted molar refractivity (Wildman–Crippen MR) is 128 cm³/mol. The molecule has 0 radical (unpaired) electrons. The zero-order valence-corrected chi connectivity index (χ0v) is 19.5. The van der Waals surface area contributed by atoms with Gasteiger partial charge in [0.1, 0.15) is 12.1 Å². The Morgan fingerprint density at radius 2 is 1.60 bits per heavy atom. The van der Waals surface area contributed by atoms with Crippen molar-refractivity contribution in [3.63, 3.8) is 0 Å². The molecule has 0 bridgehead atoms. The predicted octanol–water partition coefficient (Wildman–Crippen LogP) is 3.18. The van der Waals surface area contributed by atoms with Crippen LogP contribution >= 0.6 is 0 Å². The van der Waals surface area contributed by atoms with Gasteiger partial charge < -0.3 is 25.6 Å². The molecule has 3 aliphatic carbocycles. The van der Waals surface area contributed by atoms with Crippen LogP contribution in [0.25, 0.3) is 11.1 Å². The van der Waals surface area contributed by atoms with Crippen LogP contribution in [0, 0.1) is 5.41 Å². The van der Waals surface area contributed by atoms with Crippen LogP contribution in [-0.4, -0.2) is 53.0 Å². The summed E-state index contributed by atoms with van der Waals surface area (Å²) in [5.74, 6) is -1.63. The minimum Gasteiger partial charge on any atom is -0.481 e. The zero-order valence-electron chi connectivity index (χ0n) is 19.5. The standard InChI is InChI=1S/C27H30N2O6/c30-17(12-23(31)32)13-28-24(33)27(15-26(16-27)10-5-11-26)29-25(34)35-14-22-20-8-3-1-6-18(20)19-7-2-4-9-21(19)22/h1-4,6-9,17,22,30H,5,10-16H2,(H,28,33)(H,29,34)(H,31,32). The number of carboxylic acids is 1. The highest BCUT2D eigenvalue weighted by atomic mass is 16.5. The van der Waals surface area contributed by atoms with E-state index in [9.17, 15) is 19.5 Å². The van der Waals surface area contributed by atoms with Crippen molar-refractivity contribution in [1.29, 1.82) is 0 Å². The van der Waals surface area contributed by atoms with Gasteiger partial charge in [-0.1, -0.05) is 55.0 Å². The molecule has 2 fully saturated rings. The summed E-state index contributed by atoms with van der Waals surface area (Å²) in [5, 5.41) is 24.1. The number of carbonyl (C=O) groups is 3. The van der Waals surface area contributed by atoms with E-state index in [1.807, 2.05) is 36.4 Å². The second-order valence-corrected chi connectivity index (χ2v) is 10.2. The second kappa shape index (κ2) is 9.00. The van der Waals surface area contributed by atoms with Gasteiger partial charge >= 0.3 is 12.1 Å². The molecule has 1 atom stereocenters. The first-order valence-corrected chi connectivity index (χ1v) is 12.1. The number of hydrogen-bond donors (Lipinski definition) is 4. The Kier molecular flexibility index (Phi) is 6.01. The fourth-order valence-corrected chi connectivity index (χ4v) is 6.05. The van der Waals surface area contributed by atoms with E-state index in [0.29, 0.717) is 12.8 Å². The molecule has 184 valence electrons. The van der Waals surface area contributed by atoms with Crippen molar-refractivity contribution in [3.05, 3.63) is 59.7 Å². The van der Waals surface area contributed by atoms with Crippen LogP contribution < -0.4 is 10.6 Å². The van der Waals surface area contributed by atoms with Crippen molar-refractivity contribution >= 4 is 18.0 Å². The Labute approximate surface area is 203 Å². The fraction of sp³-hybridized carbons (Fsp3) is 0.444. The van der Waals surface area contributed by atoms with Gasteiger partial charge in [-0.05, 0) is 53.4 Å². The molecule has 8 heteroatoms. The zero-order chi connectivity index (χ0) is 24.6. The topological polar surface area (TPSA) is 125 Å². The van der Waals surface area contributed by atoms with Gasteiger partial charge in [-0.3, -0.25) is 9.59 Å². The Morgan fingerprint density at radius 3 is 2.14 bits per heavy atom. The van der Waals surface area contributed by atoms with E-state index < -0.39 is 36.0 Å². The van der Waals surface area contributed by atoms with Gasteiger partial charge in [0.05, 0.1) is 12.5 Å². The molecule has 3 aliphatic rings. The lowest BCUT2D eigenvalue weighted by atomic mass is 9.48. The lowest BCUT2D eigenvalue weighted by molar-refractivity contribution is -0.145. The van der Waals surface area contributed by atoms with E-state index in [2.05, 4.69) is 22.8 Å². The van der Waals surface area contributed by atoms with Crippen LogP contribution in [0.2, 0.25) is 0 Å². The molecule has 1 unspecified atom stereocenters. The van der Waals surface area contributed by atoms with E-state index in [0.717, 1.165) is 41.5 Å². The maximum absolute atomic E-state index is 13.0. The van der Waals surface area contributed by atoms with Crippen LogP contribution in [0.1, 0.15) is 55.6 Å². The Hall–Kier alpha value is -3.39. The fourth-order valence-electron chi connectivity index (χ4n) is 6.05. The largest absolute Gasteiger partial charge is 0.481 e. The van der Waals surface area contributed by atoms with E-state index in [-0.39, 0.29) is 24.5 Å². The van der Waals surface area contributed by atoms with Gasteiger partial charge in [-0.15, -0.1) is 0 Å². The summed E-state index contributed by atoms with van der Waals surface area (Å²) >= 11 is 0. The summed E-state index contributed by atoms with van der Waals surface area (Å²) in [6.45, 7) is -0.0354. The quantitative estimate of drug-likeness (QED) is 0.462. The number of aliphatic carboxylic acids is 1. The number of benzene rings is 2. The molecule has 5 rings (SSSR count). The number of aliphatic hydroxyl groups is 1. The van der Waals surface area contributed by atoms with Gasteiger partial charge in [0, 0.05) is 12.5 Å². The molecule has 8 nitrogen and oxygen atoms in total. The molecule has 0 aliphatic heterocycles. The molecule has 4 N–H and O–H groups in total. The third-order valence-corrected chi connectivity index (χ3v) is 7.80. The SMILES string of the molecule is O=C(O)CC(O)CNC(=O)C1(NC(=O)OCC2c3ccccc3-c3ccccc32)CC2(CCC2)C1. The molecule has 2 aromatic rings. The van der Waals surface area contributed by atoms with Crippen LogP contribution in [0.15, 0.2) is 48.5 Å². The van der Waals surface area contributed by atoms with E-state index >= 15 is 0 Å². The highest BCUT2D eigenvalue weighted by molar-refractivity contribution is 5.91. The number of rotatable bonds is 8. The number of amides is 2. The molecular weight excluding hydrogens is 448 g/mol. The minimum absolute atomic E-state index is 0.0770. The number of nitrogens with one attached hydrogen (secondary N) is 2. The van der Waals surface area contributed by atoms with E-state index in [1.165, 1.54) is 0 Å². The molecule has 2 saturated carbocycles. The van der Waals surface area contributed by atoms with Crippen LogP contribution in [-0.2, 0) is 14.3 Å². The number of carboxylic acid groups (broad SMARTS) is 1. The molecule has 0 saturated heterocycles. The summed E-state index contributed by atoms with van der Waals surface area (Å²) in [6.07, 6.45) is 1.89. The van der Waals surface area contributed by atoms with Crippen molar-refractivity contribution in [1.82, 2.24) is 10.6 Å². The lowest BCUT2D eigenvalue weighted by Gasteiger charge is -2.59.